The monoisotopic (exact) mass is 273 g/mol. The van der Waals surface area contributed by atoms with Gasteiger partial charge < -0.3 is 9.52 Å². The maximum atomic E-state index is 9.66. The highest BCUT2D eigenvalue weighted by molar-refractivity contribution is 9.10. The summed E-state index contributed by atoms with van der Waals surface area (Å²) in [5.41, 5.74) is 1.16. The lowest BCUT2D eigenvalue weighted by molar-refractivity contribution is 0.0408. The molecule has 4 heteroatoms. The summed E-state index contributed by atoms with van der Waals surface area (Å²) < 4.78 is 5.95. The molecule has 1 aromatic heterocycles. The van der Waals surface area contributed by atoms with Gasteiger partial charge in [-0.25, -0.2) is 0 Å². The van der Waals surface area contributed by atoms with Gasteiger partial charge in [0.2, 0.25) is 0 Å². The summed E-state index contributed by atoms with van der Waals surface area (Å²) in [6.45, 7) is 4.87. The third-order valence-electron chi connectivity index (χ3n) is 2.74. The van der Waals surface area contributed by atoms with Crippen molar-refractivity contribution in [3.8, 4) is 0 Å². The van der Waals surface area contributed by atoms with Gasteiger partial charge >= 0.3 is 0 Å². The van der Waals surface area contributed by atoms with Crippen molar-refractivity contribution in [3.63, 3.8) is 0 Å². The lowest BCUT2D eigenvalue weighted by Gasteiger charge is -2.33. The van der Waals surface area contributed by atoms with Crippen molar-refractivity contribution in [3.05, 3.63) is 22.6 Å². The fourth-order valence-electron chi connectivity index (χ4n) is 2.24. The Bertz CT molecular complexity index is 316. The van der Waals surface area contributed by atoms with Crippen LogP contribution in [0, 0.1) is 5.92 Å². The second kappa shape index (κ2) is 4.68. The van der Waals surface area contributed by atoms with Crippen LogP contribution in [-0.4, -0.2) is 29.2 Å². The van der Waals surface area contributed by atoms with E-state index in [-0.39, 0.29) is 6.10 Å². The molecule has 2 heterocycles. The molecule has 2 unspecified atom stereocenters. The van der Waals surface area contributed by atoms with Crippen LogP contribution in [0.3, 0.4) is 0 Å². The van der Waals surface area contributed by atoms with Crippen molar-refractivity contribution < 1.29 is 9.52 Å². The maximum Gasteiger partial charge on any atom is 0.169 e. The van der Waals surface area contributed by atoms with E-state index in [4.69, 9.17) is 4.42 Å². The first kappa shape index (κ1) is 11.2. The van der Waals surface area contributed by atoms with Crippen LogP contribution in [0.4, 0.5) is 0 Å². The van der Waals surface area contributed by atoms with E-state index in [2.05, 4.69) is 27.8 Å². The van der Waals surface area contributed by atoms with E-state index < -0.39 is 0 Å². The molecule has 1 saturated heterocycles. The van der Waals surface area contributed by atoms with Crippen LogP contribution in [0.5, 0.6) is 0 Å². The van der Waals surface area contributed by atoms with Gasteiger partial charge in [0, 0.05) is 25.2 Å². The van der Waals surface area contributed by atoms with Gasteiger partial charge in [-0.1, -0.05) is 6.92 Å². The number of rotatable bonds is 2. The van der Waals surface area contributed by atoms with E-state index in [1.807, 2.05) is 6.07 Å². The Labute approximate surface area is 98.2 Å². The number of piperidine rings is 1. The number of β-amino-alcohol motifs (C(OH)–C–C–N with tert-alkyl or cyclic N) is 1. The Morgan fingerprint density at radius 2 is 2.40 bits per heavy atom. The molecular weight excluding hydrogens is 258 g/mol. The predicted octanol–water partition coefficient (Wildman–Crippen LogP) is 2.24. The normalized spacial score (nSPS) is 28.2. The Hall–Kier alpha value is -0.320. The smallest absolute Gasteiger partial charge is 0.169 e. The zero-order chi connectivity index (χ0) is 10.8. The molecule has 3 nitrogen and oxygen atoms in total. The van der Waals surface area contributed by atoms with Gasteiger partial charge in [-0.2, -0.15) is 0 Å². The van der Waals surface area contributed by atoms with Crippen LogP contribution in [0.2, 0.25) is 0 Å². The van der Waals surface area contributed by atoms with Crippen LogP contribution in [-0.2, 0) is 6.54 Å². The first-order valence-corrected chi connectivity index (χ1v) is 6.06. The van der Waals surface area contributed by atoms with Crippen molar-refractivity contribution >= 4 is 15.9 Å². The molecule has 1 fully saturated rings. The number of hydrogen-bond donors (Lipinski definition) is 1. The van der Waals surface area contributed by atoms with Crippen molar-refractivity contribution in [2.45, 2.75) is 26.0 Å². The minimum atomic E-state index is -0.177. The molecule has 1 N–H and O–H groups in total. The second-order valence-electron chi connectivity index (χ2n) is 4.45. The van der Waals surface area contributed by atoms with Crippen LogP contribution in [0.25, 0.3) is 0 Å². The summed E-state index contributed by atoms with van der Waals surface area (Å²) in [6.07, 6.45) is 2.51. The number of hydrogen-bond acceptors (Lipinski definition) is 3. The molecule has 0 saturated carbocycles. The van der Waals surface area contributed by atoms with Crippen molar-refractivity contribution in [2.24, 2.45) is 5.92 Å². The zero-order valence-corrected chi connectivity index (χ0v) is 10.4. The quantitative estimate of drug-likeness (QED) is 0.898. The molecule has 0 bridgehead atoms. The lowest BCUT2D eigenvalue weighted by atomic mass is 9.98. The number of furan rings is 1. The lowest BCUT2D eigenvalue weighted by Crippen LogP contribution is -2.41. The van der Waals surface area contributed by atoms with Crippen molar-refractivity contribution in [1.29, 1.82) is 0 Å². The molecule has 0 radical (unpaired) electrons. The zero-order valence-electron chi connectivity index (χ0n) is 8.82. The van der Waals surface area contributed by atoms with Gasteiger partial charge in [0.1, 0.15) is 0 Å². The van der Waals surface area contributed by atoms with Crippen LogP contribution >= 0.6 is 15.9 Å². The molecule has 0 aliphatic carbocycles. The summed E-state index contributed by atoms with van der Waals surface area (Å²) in [7, 11) is 0. The van der Waals surface area contributed by atoms with Crippen LogP contribution < -0.4 is 0 Å². The van der Waals surface area contributed by atoms with Crippen LogP contribution in [0.15, 0.2) is 21.4 Å². The highest BCUT2D eigenvalue weighted by Gasteiger charge is 2.23. The summed E-state index contributed by atoms with van der Waals surface area (Å²) in [6, 6.07) is 1.98. The van der Waals surface area contributed by atoms with E-state index in [1.165, 1.54) is 0 Å². The predicted molar refractivity (Wildman–Crippen MR) is 61.5 cm³/mol. The summed E-state index contributed by atoms with van der Waals surface area (Å²) in [5.74, 6) is 0.573. The Morgan fingerprint density at radius 1 is 1.60 bits per heavy atom. The highest BCUT2D eigenvalue weighted by Crippen LogP contribution is 2.20. The fourth-order valence-corrected chi connectivity index (χ4v) is 2.63. The van der Waals surface area contributed by atoms with Crippen molar-refractivity contribution in [2.75, 3.05) is 13.1 Å². The Balaban J connectivity index is 1.94. The average molecular weight is 274 g/mol. The van der Waals surface area contributed by atoms with Gasteiger partial charge in [0.05, 0.1) is 12.4 Å². The first-order valence-electron chi connectivity index (χ1n) is 5.27. The van der Waals surface area contributed by atoms with E-state index in [0.717, 1.165) is 36.3 Å². The summed E-state index contributed by atoms with van der Waals surface area (Å²) >= 11 is 3.29. The minimum absolute atomic E-state index is 0.177. The molecule has 1 aromatic rings. The number of likely N-dealkylation sites (tertiary alicyclic amines) is 1. The van der Waals surface area contributed by atoms with Gasteiger partial charge in [0.25, 0.3) is 0 Å². The van der Waals surface area contributed by atoms with E-state index in [1.54, 1.807) is 6.26 Å². The van der Waals surface area contributed by atoms with Crippen LogP contribution in [0.1, 0.15) is 18.9 Å². The van der Waals surface area contributed by atoms with Gasteiger partial charge in [-0.15, -0.1) is 0 Å². The fraction of sp³-hybridized carbons (Fsp3) is 0.636. The summed E-state index contributed by atoms with van der Waals surface area (Å²) in [5, 5.41) is 9.66. The maximum absolute atomic E-state index is 9.66. The number of halogens is 1. The van der Waals surface area contributed by atoms with Gasteiger partial charge in [-0.05, 0) is 34.3 Å². The van der Waals surface area contributed by atoms with E-state index in [9.17, 15) is 5.11 Å². The molecule has 0 amide bonds. The van der Waals surface area contributed by atoms with Gasteiger partial charge in [-0.3, -0.25) is 4.90 Å². The largest absolute Gasteiger partial charge is 0.457 e. The minimum Gasteiger partial charge on any atom is -0.457 e. The topological polar surface area (TPSA) is 36.6 Å². The molecular formula is C11H16BrNO2. The molecule has 1 aliphatic heterocycles. The van der Waals surface area contributed by atoms with E-state index >= 15 is 0 Å². The van der Waals surface area contributed by atoms with Crippen molar-refractivity contribution in [1.82, 2.24) is 4.90 Å². The summed E-state index contributed by atoms with van der Waals surface area (Å²) in [4.78, 5) is 2.27. The average Bonchev–Trinajstić information content (AvgIpc) is 2.49. The van der Waals surface area contributed by atoms with Gasteiger partial charge in [0.15, 0.2) is 4.67 Å². The number of nitrogens with zero attached hydrogens (tertiary/aromatic N) is 1. The molecule has 2 atom stereocenters. The highest BCUT2D eigenvalue weighted by atomic mass is 79.9. The standard InChI is InChI=1S/C11H16BrNO2/c1-8-2-10(14)6-13(4-8)5-9-3-11(12)15-7-9/h3,7-8,10,14H,2,4-6H2,1H3. The Kier molecular flexibility index (Phi) is 3.49. The molecule has 84 valence electrons. The number of aliphatic hydroxyl groups is 1. The third kappa shape index (κ3) is 3.06. The Morgan fingerprint density at radius 3 is 3.00 bits per heavy atom. The molecule has 0 spiro atoms. The molecule has 15 heavy (non-hydrogen) atoms. The molecule has 1 aliphatic rings. The first-order chi connectivity index (χ1) is 7.13. The number of aliphatic hydroxyl groups excluding tert-OH is 1. The van der Waals surface area contributed by atoms with E-state index in [0.29, 0.717) is 5.92 Å². The second-order valence-corrected chi connectivity index (χ2v) is 5.23. The molecule has 0 aromatic carbocycles. The third-order valence-corrected chi connectivity index (χ3v) is 3.16. The SMILES string of the molecule is CC1CC(O)CN(Cc2coc(Br)c2)C1. The molecule has 2 rings (SSSR count).